The maximum absolute atomic E-state index is 13.1. The van der Waals surface area contributed by atoms with Crippen LogP contribution >= 0.6 is 11.8 Å². The van der Waals surface area contributed by atoms with E-state index in [2.05, 4.69) is 29.8 Å². The van der Waals surface area contributed by atoms with Crippen LogP contribution in [0.4, 0.5) is 10.3 Å². The minimum absolute atomic E-state index is 0.286. The molecule has 0 radical (unpaired) electrons. The first-order valence-corrected chi connectivity index (χ1v) is 10.2. The molecule has 3 heterocycles. The summed E-state index contributed by atoms with van der Waals surface area (Å²) in [6.45, 7) is 2.11. The Morgan fingerprint density at radius 1 is 1.11 bits per heavy atom. The van der Waals surface area contributed by atoms with Gasteiger partial charge < -0.3 is 9.42 Å². The monoisotopic (exact) mass is 386 g/mol. The van der Waals surface area contributed by atoms with E-state index in [1.165, 1.54) is 37.8 Å². The van der Waals surface area contributed by atoms with Gasteiger partial charge in [-0.1, -0.05) is 16.9 Å². The molecule has 1 aliphatic carbocycles. The molecule has 1 saturated carbocycles. The zero-order valence-electron chi connectivity index (χ0n) is 14.7. The molecule has 0 spiro atoms. The summed E-state index contributed by atoms with van der Waals surface area (Å²) in [6.07, 6.45) is 4.80. The highest BCUT2D eigenvalue weighted by atomic mass is 32.2. The van der Waals surface area contributed by atoms with Crippen molar-refractivity contribution in [3.63, 3.8) is 0 Å². The smallest absolute Gasteiger partial charge is 0.237 e. The molecule has 1 aliphatic heterocycles. The van der Waals surface area contributed by atoms with Crippen LogP contribution in [0.25, 0.3) is 11.4 Å². The van der Waals surface area contributed by atoms with E-state index in [4.69, 9.17) is 4.52 Å². The number of thioether (sulfide) groups is 1. The molecule has 3 aromatic rings. The van der Waals surface area contributed by atoms with Gasteiger partial charge in [-0.05, 0) is 49.9 Å². The van der Waals surface area contributed by atoms with Gasteiger partial charge in [0.15, 0.2) is 5.16 Å². The summed E-state index contributed by atoms with van der Waals surface area (Å²) in [5.41, 5.74) is 0.730. The molecule has 1 aromatic carbocycles. The summed E-state index contributed by atoms with van der Waals surface area (Å²) >= 11 is 1.57. The van der Waals surface area contributed by atoms with Gasteiger partial charge in [0.1, 0.15) is 5.82 Å². The average molecular weight is 386 g/mol. The largest absolute Gasteiger partial charge is 0.341 e. The number of hydrogen-bond acceptors (Lipinski definition) is 7. The number of rotatable bonds is 6. The molecule has 2 aromatic heterocycles. The topological polar surface area (TPSA) is 72.9 Å². The van der Waals surface area contributed by atoms with E-state index < -0.39 is 0 Å². The second-order valence-corrected chi connectivity index (χ2v) is 7.83. The van der Waals surface area contributed by atoms with Gasteiger partial charge in [-0.15, -0.1) is 10.2 Å². The quantitative estimate of drug-likeness (QED) is 0.598. The molecule has 0 N–H and O–H groups in total. The number of hydrogen-bond donors (Lipinski definition) is 0. The summed E-state index contributed by atoms with van der Waals surface area (Å²) in [5.74, 6) is 2.22. The van der Waals surface area contributed by atoms with Gasteiger partial charge in [-0.25, -0.2) is 4.39 Å². The van der Waals surface area contributed by atoms with E-state index in [9.17, 15) is 4.39 Å². The number of aromatic nitrogens is 5. The van der Waals surface area contributed by atoms with Crippen molar-refractivity contribution >= 4 is 17.7 Å². The van der Waals surface area contributed by atoms with E-state index in [1.54, 1.807) is 23.9 Å². The van der Waals surface area contributed by atoms with Crippen molar-refractivity contribution in [2.24, 2.45) is 0 Å². The molecule has 140 valence electrons. The highest BCUT2D eigenvalue weighted by Gasteiger charge is 2.32. The fourth-order valence-corrected chi connectivity index (χ4v) is 4.15. The Hall–Kier alpha value is -2.42. The Morgan fingerprint density at radius 2 is 1.89 bits per heavy atom. The Balaban J connectivity index is 1.31. The van der Waals surface area contributed by atoms with Gasteiger partial charge in [0.2, 0.25) is 17.7 Å². The lowest BCUT2D eigenvalue weighted by Gasteiger charge is -2.17. The van der Waals surface area contributed by atoms with Gasteiger partial charge in [0.05, 0.1) is 5.75 Å². The van der Waals surface area contributed by atoms with Crippen LogP contribution in [0.1, 0.15) is 37.6 Å². The molecule has 9 heteroatoms. The summed E-state index contributed by atoms with van der Waals surface area (Å²) in [4.78, 5) is 6.74. The zero-order valence-corrected chi connectivity index (χ0v) is 15.5. The second kappa shape index (κ2) is 6.95. The van der Waals surface area contributed by atoms with Crippen molar-refractivity contribution in [2.75, 3.05) is 18.0 Å². The molecule has 0 bridgehead atoms. The lowest BCUT2D eigenvalue weighted by atomic mass is 10.2. The van der Waals surface area contributed by atoms with Crippen LogP contribution in [-0.2, 0) is 5.75 Å². The number of anilines is 1. The molecule has 0 unspecified atom stereocenters. The van der Waals surface area contributed by atoms with E-state index in [-0.39, 0.29) is 5.82 Å². The molecule has 0 amide bonds. The van der Waals surface area contributed by atoms with E-state index in [0.717, 1.165) is 29.8 Å². The minimum Gasteiger partial charge on any atom is -0.341 e. The van der Waals surface area contributed by atoms with Crippen molar-refractivity contribution in [3.05, 3.63) is 36.0 Å². The van der Waals surface area contributed by atoms with Gasteiger partial charge in [-0.3, -0.25) is 4.57 Å². The number of halogens is 1. The third kappa shape index (κ3) is 3.43. The second-order valence-electron chi connectivity index (χ2n) is 6.89. The van der Waals surface area contributed by atoms with Crippen LogP contribution in [0, 0.1) is 5.82 Å². The highest BCUT2D eigenvalue weighted by molar-refractivity contribution is 7.98. The average Bonchev–Trinajstić information content (AvgIpc) is 3.10. The molecule has 0 atom stereocenters. The Labute approximate surface area is 160 Å². The SMILES string of the molecule is Fc1ccc(-c2noc(CSc3nnc(N4CCCC4)n3C3CC3)n2)cc1. The third-order valence-electron chi connectivity index (χ3n) is 4.84. The van der Waals surface area contributed by atoms with Gasteiger partial charge in [0.25, 0.3) is 0 Å². The maximum Gasteiger partial charge on any atom is 0.237 e. The molecule has 27 heavy (non-hydrogen) atoms. The highest BCUT2D eigenvalue weighted by Crippen LogP contribution is 2.41. The van der Waals surface area contributed by atoms with Crippen molar-refractivity contribution in [1.82, 2.24) is 24.9 Å². The number of benzene rings is 1. The fraction of sp³-hybridized carbons (Fsp3) is 0.444. The maximum atomic E-state index is 13.1. The molecular formula is C18H19FN6OS. The van der Waals surface area contributed by atoms with Crippen molar-refractivity contribution in [3.8, 4) is 11.4 Å². The molecule has 2 fully saturated rings. The summed E-state index contributed by atoms with van der Waals surface area (Å²) in [6, 6.07) is 6.57. The van der Waals surface area contributed by atoms with E-state index in [1.807, 2.05) is 0 Å². The van der Waals surface area contributed by atoms with Gasteiger partial charge in [-0.2, -0.15) is 4.98 Å². The number of nitrogens with zero attached hydrogens (tertiary/aromatic N) is 6. The van der Waals surface area contributed by atoms with Crippen LogP contribution in [0.15, 0.2) is 33.9 Å². The predicted molar refractivity (Wildman–Crippen MR) is 99.0 cm³/mol. The summed E-state index contributed by atoms with van der Waals surface area (Å²) in [7, 11) is 0. The van der Waals surface area contributed by atoms with E-state index >= 15 is 0 Å². The predicted octanol–water partition coefficient (Wildman–Crippen LogP) is 3.69. The zero-order chi connectivity index (χ0) is 18.2. The first-order chi connectivity index (χ1) is 13.3. The summed E-state index contributed by atoms with van der Waals surface area (Å²) in [5, 5.41) is 13.8. The van der Waals surface area contributed by atoms with Crippen LogP contribution < -0.4 is 4.90 Å². The fourth-order valence-electron chi connectivity index (χ4n) is 3.31. The Morgan fingerprint density at radius 3 is 2.63 bits per heavy atom. The standard InChI is InChI=1S/C18H19FN6OS/c19-13-5-3-12(4-6-13)16-20-15(26-23-16)11-27-18-22-21-17(24-9-1-2-10-24)25(18)14-7-8-14/h3-6,14H,1-2,7-11H2. The summed E-state index contributed by atoms with van der Waals surface area (Å²) < 4.78 is 20.7. The lowest BCUT2D eigenvalue weighted by molar-refractivity contribution is 0.391. The Kier molecular flexibility index (Phi) is 4.31. The first kappa shape index (κ1) is 16.7. The van der Waals surface area contributed by atoms with Crippen molar-refractivity contribution < 1.29 is 8.91 Å². The van der Waals surface area contributed by atoms with Crippen LogP contribution in [-0.4, -0.2) is 38.0 Å². The molecular weight excluding hydrogens is 367 g/mol. The van der Waals surface area contributed by atoms with Crippen molar-refractivity contribution in [2.45, 2.75) is 42.6 Å². The van der Waals surface area contributed by atoms with Crippen molar-refractivity contribution in [1.29, 1.82) is 0 Å². The lowest BCUT2D eigenvalue weighted by Crippen LogP contribution is -2.22. The first-order valence-electron chi connectivity index (χ1n) is 9.19. The van der Waals surface area contributed by atoms with E-state index in [0.29, 0.717) is 23.5 Å². The third-order valence-corrected chi connectivity index (χ3v) is 5.77. The minimum atomic E-state index is -0.286. The van der Waals surface area contributed by atoms with Crippen LogP contribution in [0.5, 0.6) is 0 Å². The Bertz CT molecular complexity index is 930. The van der Waals surface area contributed by atoms with Crippen LogP contribution in [0.3, 0.4) is 0 Å². The van der Waals surface area contributed by atoms with Crippen LogP contribution in [0.2, 0.25) is 0 Å². The normalized spacial score (nSPS) is 17.0. The van der Waals surface area contributed by atoms with Gasteiger partial charge in [0, 0.05) is 24.7 Å². The molecule has 7 nitrogen and oxygen atoms in total. The molecule has 1 saturated heterocycles. The molecule has 5 rings (SSSR count). The molecule has 2 aliphatic rings. The van der Waals surface area contributed by atoms with Gasteiger partial charge >= 0.3 is 0 Å².